The van der Waals surface area contributed by atoms with Crippen LogP contribution in [0.3, 0.4) is 0 Å². The van der Waals surface area contributed by atoms with E-state index in [1.54, 1.807) is 12.7 Å². The first-order valence-electron chi connectivity index (χ1n) is 7.80. The summed E-state index contributed by atoms with van der Waals surface area (Å²) in [6.07, 6.45) is 7.27. The van der Waals surface area contributed by atoms with E-state index >= 15 is 0 Å². The number of aryl methyl sites for hydroxylation is 2. The minimum atomic E-state index is 0.584. The van der Waals surface area contributed by atoms with Crippen LogP contribution >= 0.6 is 0 Å². The van der Waals surface area contributed by atoms with Gasteiger partial charge in [-0.3, -0.25) is 14.3 Å². The van der Waals surface area contributed by atoms with Crippen molar-refractivity contribution in [2.75, 3.05) is 13.1 Å². The van der Waals surface area contributed by atoms with Gasteiger partial charge in [0.15, 0.2) is 0 Å². The van der Waals surface area contributed by atoms with Crippen LogP contribution in [-0.4, -0.2) is 48.6 Å². The van der Waals surface area contributed by atoms with Crippen LogP contribution in [0.25, 0.3) is 0 Å². The van der Waals surface area contributed by atoms with Gasteiger partial charge in [-0.05, 0) is 39.3 Å². The van der Waals surface area contributed by atoms with E-state index < -0.39 is 0 Å². The van der Waals surface area contributed by atoms with Crippen molar-refractivity contribution in [3.8, 4) is 0 Å². The maximum atomic E-state index is 4.61. The van der Waals surface area contributed by atoms with Crippen molar-refractivity contribution in [1.29, 1.82) is 0 Å². The van der Waals surface area contributed by atoms with Gasteiger partial charge in [-0.2, -0.15) is 10.2 Å². The van der Waals surface area contributed by atoms with Crippen molar-refractivity contribution in [2.45, 2.75) is 52.2 Å². The minimum Gasteiger partial charge on any atom is -0.297 e. The number of rotatable bonds is 5. The van der Waals surface area contributed by atoms with Gasteiger partial charge in [0.05, 0.1) is 18.8 Å². The maximum absolute atomic E-state index is 4.61. The summed E-state index contributed by atoms with van der Waals surface area (Å²) in [5.74, 6) is 0. The molecule has 6 heteroatoms. The lowest BCUT2D eigenvalue weighted by atomic mass is 10.0. The van der Waals surface area contributed by atoms with Crippen molar-refractivity contribution in [1.82, 2.24) is 29.4 Å². The first-order valence-corrected chi connectivity index (χ1v) is 7.80. The van der Waals surface area contributed by atoms with Gasteiger partial charge in [-0.25, -0.2) is 4.98 Å². The number of likely N-dealkylation sites (tertiary alicyclic amines) is 1. The van der Waals surface area contributed by atoms with E-state index in [2.05, 4.69) is 44.7 Å². The van der Waals surface area contributed by atoms with Crippen LogP contribution in [0.4, 0.5) is 0 Å². The van der Waals surface area contributed by atoms with Crippen LogP contribution in [0, 0.1) is 13.8 Å². The molecule has 114 valence electrons. The molecule has 0 spiro atoms. The molecule has 0 aliphatic carbocycles. The first kappa shape index (κ1) is 14.3. The molecule has 6 nitrogen and oxygen atoms in total. The van der Waals surface area contributed by atoms with Crippen LogP contribution in [-0.2, 0) is 13.1 Å². The normalized spacial score (nSPS) is 20.0. The molecule has 21 heavy (non-hydrogen) atoms. The van der Waals surface area contributed by atoms with Gasteiger partial charge < -0.3 is 0 Å². The van der Waals surface area contributed by atoms with Crippen molar-refractivity contribution < 1.29 is 0 Å². The van der Waals surface area contributed by atoms with Gasteiger partial charge in [0.2, 0.25) is 0 Å². The lowest BCUT2D eigenvalue weighted by Gasteiger charge is -2.35. The Balaban J connectivity index is 1.62. The van der Waals surface area contributed by atoms with Crippen molar-refractivity contribution >= 4 is 0 Å². The average molecular weight is 288 g/mol. The Kier molecular flexibility index (Phi) is 4.34. The number of hydrogen-bond acceptors (Lipinski definition) is 4. The highest BCUT2D eigenvalue weighted by atomic mass is 15.3. The third-order valence-electron chi connectivity index (χ3n) is 4.32. The summed E-state index contributed by atoms with van der Waals surface area (Å²) in [6, 6.07) is 2.74. The monoisotopic (exact) mass is 288 g/mol. The smallest absolute Gasteiger partial charge is 0.137 e. The summed E-state index contributed by atoms with van der Waals surface area (Å²) in [5, 5.41) is 8.80. The molecule has 2 aromatic rings. The highest BCUT2D eigenvalue weighted by Crippen LogP contribution is 2.19. The van der Waals surface area contributed by atoms with Crippen LogP contribution in [0.5, 0.6) is 0 Å². The van der Waals surface area contributed by atoms with Crippen LogP contribution in [0.2, 0.25) is 0 Å². The first-order chi connectivity index (χ1) is 10.2. The molecule has 0 aromatic carbocycles. The molecule has 0 saturated carbocycles. The zero-order valence-electron chi connectivity index (χ0n) is 12.9. The molecule has 0 radical (unpaired) electrons. The summed E-state index contributed by atoms with van der Waals surface area (Å²) in [6.45, 7) is 8.33. The number of piperidine rings is 1. The predicted octanol–water partition coefficient (Wildman–Crippen LogP) is 1.65. The Labute approximate surface area is 125 Å². The molecule has 0 N–H and O–H groups in total. The SMILES string of the molecule is Cc1cc(C)n(C[C@@H]2CCCCN2CCn2cncn2)n1. The van der Waals surface area contributed by atoms with Gasteiger partial charge in [0, 0.05) is 18.3 Å². The molecule has 2 aromatic heterocycles. The highest BCUT2D eigenvalue weighted by Gasteiger charge is 2.23. The number of aromatic nitrogens is 5. The molecule has 0 amide bonds. The second kappa shape index (κ2) is 6.39. The standard InChI is InChI=1S/C15H24N6/c1-13-9-14(2)21(18-13)10-15-5-3-4-6-19(15)7-8-20-12-16-11-17-20/h9,11-12,15H,3-8,10H2,1-2H3/t15-/m0/s1. The Hall–Kier alpha value is -1.69. The summed E-state index contributed by atoms with van der Waals surface area (Å²) >= 11 is 0. The zero-order valence-corrected chi connectivity index (χ0v) is 12.9. The van der Waals surface area contributed by atoms with Gasteiger partial charge >= 0.3 is 0 Å². The fraction of sp³-hybridized carbons (Fsp3) is 0.667. The number of nitrogens with zero attached hydrogens (tertiary/aromatic N) is 6. The molecule has 1 fully saturated rings. The largest absolute Gasteiger partial charge is 0.297 e. The van der Waals surface area contributed by atoms with Crippen LogP contribution in [0.1, 0.15) is 30.7 Å². The number of hydrogen-bond donors (Lipinski definition) is 0. The Morgan fingerprint density at radius 2 is 2.14 bits per heavy atom. The third-order valence-corrected chi connectivity index (χ3v) is 4.32. The molecule has 0 bridgehead atoms. The van der Waals surface area contributed by atoms with Gasteiger partial charge in [0.1, 0.15) is 12.7 Å². The Bertz CT molecular complexity index is 559. The van der Waals surface area contributed by atoms with Crippen molar-refractivity contribution in [3.63, 3.8) is 0 Å². The van der Waals surface area contributed by atoms with E-state index in [4.69, 9.17) is 0 Å². The molecule has 1 atom stereocenters. The summed E-state index contributed by atoms with van der Waals surface area (Å²) in [5.41, 5.74) is 2.37. The quantitative estimate of drug-likeness (QED) is 0.839. The molecule has 1 aliphatic rings. The van der Waals surface area contributed by atoms with E-state index in [1.807, 2.05) is 4.68 Å². The molecule has 3 heterocycles. The predicted molar refractivity (Wildman–Crippen MR) is 80.9 cm³/mol. The third kappa shape index (κ3) is 3.50. The Morgan fingerprint density at radius 3 is 2.86 bits per heavy atom. The second-order valence-corrected chi connectivity index (χ2v) is 5.95. The average Bonchev–Trinajstić information content (AvgIpc) is 3.08. The van der Waals surface area contributed by atoms with E-state index in [-0.39, 0.29) is 0 Å². The highest BCUT2D eigenvalue weighted by molar-refractivity contribution is 5.06. The van der Waals surface area contributed by atoms with Crippen molar-refractivity contribution in [3.05, 3.63) is 30.1 Å². The summed E-state index contributed by atoms with van der Waals surface area (Å²) < 4.78 is 4.07. The molecular formula is C15H24N6. The zero-order chi connectivity index (χ0) is 14.7. The van der Waals surface area contributed by atoms with Gasteiger partial charge in [0.25, 0.3) is 0 Å². The molecule has 1 aliphatic heterocycles. The molecule has 1 saturated heterocycles. The summed E-state index contributed by atoms with van der Waals surface area (Å²) in [4.78, 5) is 6.59. The second-order valence-electron chi connectivity index (χ2n) is 5.95. The van der Waals surface area contributed by atoms with Crippen molar-refractivity contribution in [2.24, 2.45) is 0 Å². The maximum Gasteiger partial charge on any atom is 0.137 e. The lowest BCUT2D eigenvalue weighted by Crippen LogP contribution is -2.44. The fourth-order valence-corrected chi connectivity index (χ4v) is 3.20. The minimum absolute atomic E-state index is 0.584. The Morgan fingerprint density at radius 1 is 1.24 bits per heavy atom. The van der Waals surface area contributed by atoms with E-state index in [1.165, 1.54) is 31.5 Å². The lowest BCUT2D eigenvalue weighted by molar-refractivity contribution is 0.123. The molecular weight excluding hydrogens is 264 g/mol. The van der Waals surface area contributed by atoms with E-state index in [0.717, 1.165) is 25.3 Å². The van der Waals surface area contributed by atoms with Crippen LogP contribution < -0.4 is 0 Å². The topological polar surface area (TPSA) is 51.8 Å². The van der Waals surface area contributed by atoms with Gasteiger partial charge in [-0.1, -0.05) is 6.42 Å². The fourth-order valence-electron chi connectivity index (χ4n) is 3.20. The van der Waals surface area contributed by atoms with Gasteiger partial charge in [-0.15, -0.1) is 0 Å². The summed E-state index contributed by atoms with van der Waals surface area (Å²) in [7, 11) is 0. The van der Waals surface area contributed by atoms with Crippen LogP contribution in [0.15, 0.2) is 18.7 Å². The molecule has 0 unspecified atom stereocenters. The van der Waals surface area contributed by atoms with E-state index in [0.29, 0.717) is 6.04 Å². The molecule has 3 rings (SSSR count). The van der Waals surface area contributed by atoms with E-state index in [9.17, 15) is 0 Å².